The highest BCUT2D eigenvalue weighted by Crippen LogP contribution is 2.47. The Morgan fingerprint density at radius 1 is 1.32 bits per heavy atom. The van der Waals surface area contributed by atoms with E-state index in [0.29, 0.717) is 12.5 Å². The summed E-state index contributed by atoms with van der Waals surface area (Å²) in [7, 11) is 0. The second-order valence-corrected chi connectivity index (χ2v) is 6.51. The minimum absolute atomic E-state index is 0.487. The van der Waals surface area contributed by atoms with Crippen molar-refractivity contribution >= 4 is 0 Å². The Balaban J connectivity index is 1.45. The molecular weight excluding hydrogens is 238 g/mol. The van der Waals surface area contributed by atoms with Crippen molar-refractivity contribution in [2.45, 2.75) is 63.5 Å². The first-order chi connectivity index (χ1) is 9.16. The maximum atomic E-state index is 10.4. The van der Waals surface area contributed by atoms with Crippen molar-refractivity contribution in [3.8, 4) is 0 Å². The third-order valence-corrected chi connectivity index (χ3v) is 4.69. The zero-order chi connectivity index (χ0) is 13.3. The van der Waals surface area contributed by atoms with Crippen LogP contribution in [0, 0.1) is 5.92 Å². The van der Waals surface area contributed by atoms with Gasteiger partial charge in [-0.2, -0.15) is 0 Å². The molecule has 2 aliphatic carbocycles. The second kappa shape index (κ2) is 5.29. The van der Waals surface area contributed by atoms with E-state index in [9.17, 15) is 5.11 Å². The molecule has 2 saturated carbocycles. The predicted octanol–water partition coefficient (Wildman–Crippen LogP) is 3.19. The molecule has 3 nitrogen and oxygen atoms in total. The van der Waals surface area contributed by atoms with Gasteiger partial charge in [0, 0.05) is 12.5 Å². The van der Waals surface area contributed by atoms with Crippen LogP contribution in [0.3, 0.4) is 0 Å². The number of hydrogen-bond donors (Lipinski definition) is 2. The monoisotopic (exact) mass is 263 g/mol. The Morgan fingerprint density at radius 3 is 2.74 bits per heavy atom. The molecule has 106 valence electrons. The minimum Gasteiger partial charge on any atom is -0.464 e. The van der Waals surface area contributed by atoms with Crippen molar-refractivity contribution in [1.82, 2.24) is 5.32 Å². The zero-order valence-corrected chi connectivity index (χ0v) is 11.8. The molecule has 2 atom stereocenters. The average Bonchev–Trinajstić information content (AvgIpc) is 2.94. The van der Waals surface area contributed by atoms with Crippen LogP contribution in [-0.4, -0.2) is 17.3 Å². The Kier molecular flexibility index (Phi) is 3.68. The van der Waals surface area contributed by atoms with Crippen molar-refractivity contribution in [1.29, 1.82) is 0 Å². The summed E-state index contributed by atoms with van der Waals surface area (Å²) in [6, 6.07) is 4.18. The minimum atomic E-state index is -0.487. The van der Waals surface area contributed by atoms with Crippen molar-refractivity contribution in [2.24, 2.45) is 5.92 Å². The Morgan fingerprint density at radius 2 is 2.05 bits per heavy atom. The lowest BCUT2D eigenvalue weighted by atomic mass is 9.85. The molecule has 0 spiro atoms. The molecule has 2 aliphatic rings. The van der Waals surface area contributed by atoms with E-state index in [2.05, 4.69) is 24.4 Å². The molecule has 0 saturated heterocycles. The molecule has 2 N–H and O–H groups in total. The molecule has 0 bridgehead atoms. The van der Waals surface area contributed by atoms with E-state index in [0.717, 1.165) is 49.7 Å². The summed E-state index contributed by atoms with van der Waals surface area (Å²) in [5.74, 6) is 3.57. The molecule has 1 aromatic rings. The van der Waals surface area contributed by atoms with Gasteiger partial charge in [-0.05, 0) is 37.3 Å². The third kappa shape index (κ3) is 3.21. The van der Waals surface area contributed by atoms with Gasteiger partial charge in [-0.25, -0.2) is 0 Å². The first-order valence-electron chi connectivity index (χ1n) is 7.68. The predicted molar refractivity (Wildman–Crippen MR) is 75.0 cm³/mol. The van der Waals surface area contributed by atoms with Crippen LogP contribution < -0.4 is 5.32 Å². The van der Waals surface area contributed by atoms with Crippen LogP contribution >= 0.6 is 0 Å². The number of furan rings is 1. The molecule has 0 radical (unpaired) electrons. The zero-order valence-electron chi connectivity index (χ0n) is 11.8. The lowest BCUT2D eigenvalue weighted by Gasteiger charge is -2.32. The third-order valence-electron chi connectivity index (χ3n) is 4.69. The van der Waals surface area contributed by atoms with Gasteiger partial charge in [0.15, 0.2) is 0 Å². The van der Waals surface area contributed by atoms with Crippen molar-refractivity contribution < 1.29 is 9.52 Å². The average molecular weight is 263 g/mol. The number of nitrogens with one attached hydrogen (secondary N) is 1. The number of hydrogen-bond acceptors (Lipinski definition) is 3. The molecule has 0 aliphatic heterocycles. The van der Waals surface area contributed by atoms with E-state index < -0.39 is 5.60 Å². The normalized spacial score (nSPS) is 29.4. The van der Waals surface area contributed by atoms with Gasteiger partial charge >= 0.3 is 0 Å². The van der Waals surface area contributed by atoms with Gasteiger partial charge < -0.3 is 14.8 Å². The van der Waals surface area contributed by atoms with Gasteiger partial charge in [-0.1, -0.05) is 26.2 Å². The Labute approximate surface area is 115 Å². The fourth-order valence-electron chi connectivity index (χ4n) is 3.21. The van der Waals surface area contributed by atoms with E-state index in [1.165, 1.54) is 12.8 Å². The van der Waals surface area contributed by atoms with Crippen LogP contribution in [0.25, 0.3) is 0 Å². The maximum Gasteiger partial charge on any atom is 0.117 e. The molecule has 2 fully saturated rings. The van der Waals surface area contributed by atoms with E-state index in [4.69, 9.17) is 4.42 Å². The summed E-state index contributed by atoms with van der Waals surface area (Å²) in [6.45, 7) is 3.68. The summed E-state index contributed by atoms with van der Waals surface area (Å²) in [5.41, 5.74) is -0.487. The van der Waals surface area contributed by atoms with Crippen LogP contribution in [0.15, 0.2) is 16.5 Å². The van der Waals surface area contributed by atoms with Crippen molar-refractivity contribution in [2.75, 3.05) is 6.54 Å². The van der Waals surface area contributed by atoms with Gasteiger partial charge in [0.1, 0.15) is 11.5 Å². The molecular formula is C16H25NO2. The fourth-order valence-corrected chi connectivity index (χ4v) is 3.21. The van der Waals surface area contributed by atoms with Gasteiger partial charge in [-0.3, -0.25) is 0 Å². The molecule has 2 unspecified atom stereocenters. The molecule has 3 heteroatoms. The molecule has 1 aromatic heterocycles. The van der Waals surface area contributed by atoms with Crippen LogP contribution in [0.4, 0.5) is 0 Å². The van der Waals surface area contributed by atoms with Crippen molar-refractivity contribution in [3.05, 3.63) is 23.7 Å². The lowest BCUT2D eigenvalue weighted by Crippen LogP contribution is -2.41. The van der Waals surface area contributed by atoms with E-state index in [1.54, 1.807) is 0 Å². The highest BCUT2D eigenvalue weighted by atomic mass is 16.3. The Hall–Kier alpha value is -0.800. The maximum absolute atomic E-state index is 10.4. The summed E-state index contributed by atoms with van der Waals surface area (Å²) >= 11 is 0. The topological polar surface area (TPSA) is 45.4 Å². The highest BCUT2D eigenvalue weighted by Gasteiger charge is 2.36. The van der Waals surface area contributed by atoms with Gasteiger partial charge in [0.2, 0.25) is 0 Å². The quantitative estimate of drug-likeness (QED) is 0.857. The smallest absolute Gasteiger partial charge is 0.117 e. The summed E-state index contributed by atoms with van der Waals surface area (Å²) in [4.78, 5) is 0. The highest BCUT2D eigenvalue weighted by molar-refractivity contribution is 5.17. The SMILES string of the molecule is CC1CC1c1ccc(CNCC2(O)CCCCC2)o1. The van der Waals surface area contributed by atoms with Crippen LogP contribution in [0.5, 0.6) is 0 Å². The standard InChI is InChI=1S/C16H25NO2/c1-12-9-14(12)15-6-5-13(19-15)10-17-11-16(18)7-3-2-4-8-16/h5-6,12,14,17-18H,2-4,7-11H2,1H3. The van der Waals surface area contributed by atoms with E-state index in [1.807, 2.05) is 0 Å². The summed E-state index contributed by atoms with van der Waals surface area (Å²) in [5, 5.41) is 13.7. The largest absolute Gasteiger partial charge is 0.464 e. The van der Waals surface area contributed by atoms with Crippen LogP contribution in [0.2, 0.25) is 0 Å². The van der Waals surface area contributed by atoms with Crippen LogP contribution in [-0.2, 0) is 6.54 Å². The summed E-state index contributed by atoms with van der Waals surface area (Å²) < 4.78 is 5.86. The molecule has 0 amide bonds. The Bertz CT molecular complexity index is 420. The van der Waals surface area contributed by atoms with Crippen molar-refractivity contribution in [3.63, 3.8) is 0 Å². The lowest BCUT2D eigenvalue weighted by molar-refractivity contribution is 0.00437. The first-order valence-corrected chi connectivity index (χ1v) is 7.68. The van der Waals surface area contributed by atoms with Gasteiger partial charge in [0.25, 0.3) is 0 Å². The molecule has 0 aromatic carbocycles. The van der Waals surface area contributed by atoms with Gasteiger partial charge in [0.05, 0.1) is 12.1 Å². The van der Waals surface area contributed by atoms with E-state index >= 15 is 0 Å². The van der Waals surface area contributed by atoms with E-state index in [-0.39, 0.29) is 0 Å². The van der Waals surface area contributed by atoms with Crippen LogP contribution in [0.1, 0.15) is 62.9 Å². The number of rotatable bonds is 5. The second-order valence-electron chi connectivity index (χ2n) is 6.51. The summed E-state index contributed by atoms with van der Waals surface area (Å²) in [6.07, 6.45) is 6.71. The van der Waals surface area contributed by atoms with Gasteiger partial charge in [-0.15, -0.1) is 0 Å². The fraction of sp³-hybridized carbons (Fsp3) is 0.750. The molecule has 1 heterocycles. The number of aliphatic hydroxyl groups is 1. The first kappa shape index (κ1) is 13.2. The molecule has 19 heavy (non-hydrogen) atoms. The molecule has 3 rings (SSSR count).